The molecule has 0 aliphatic rings. The highest BCUT2D eigenvalue weighted by Gasteiger charge is 2.24. The Labute approximate surface area is 167 Å². The number of carbonyl (C=O) groups is 3. The molecular weight excluding hydrogens is 372 g/mol. The topological polar surface area (TPSA) is 110 Å². The van der Waals surface area contributed by atoms with E-state index in [4.69, 9.17) is 4.74 Å². The lowest BCUT2D eigenvalue weighted by Gasteiger charge is -2.17. The lowest BCUT2D eigenvalue weighted by atomic mass is 10.1. The van der Waals surface area contributed by atoms with E-state index in [9.17, 15) is 14.4 Å². The van der Waals surface area contributed by atoms with Gasteiger partial charge in [0.25, 0.3) is 5.91 Å². The van der Waals surface area contributed by atoms with Gasteiger partial charge in [-0.15, -0.1) is 0 Å². The Hall–Kier alpha value is -3.81. The first-order valence-electron chi connectivity index (χ1n) is 8.94. The first-order chi connectivity index (χ1) is 14.0. The molecule has 0 unspecified atom stereocenters. The zero-order valence-corrected chi connectivity index (χ0v) is 16.0. The Morgan fingerprint density at radius 1 is 1.03 bits per heavy atom. The lowest BCUT2D eigenvalue weighted by Crippen LogP contribution is -2.43. The maximum Gasteiger partial charge on any atom is 0.328 e. The third kappa shape index (κ3) is 4.92. The number of fused-ring (bicyclic) bond motifs is 1. The van der Waals surface area contributed by atoms with Gasteiger partial charge in [-0.2, -0.15) is 0 Å². The van der Waals surface area contributed by atoms with Gasteiger partial charge in [0.05, 0.1) is 35.1 Å². The zero-order valence-electron chi connectivity index (χ0n) is 16.0. The van der Waals surface area contributed by atoms with E-state index in [1.54, 1.807) is 30.5 Å². The summed E-state index contributed by atoms with van der Waals surface area (Å²) in [6.45, 7) is 1.35. The number of amides is 2. The summed E-state index contributed by atoms with van der Waals surface area (Å²) in [6.07, 6.45) is 1.67. The summed E-state index contributed by atoms with van der Waals surface area (Å²) in [6, 6.07) is 12.9. The molecule has 1 aromatic heterocycles. The van der Waals surface area contributed by atoms with Crippen LogP contribution in [0, 0.1) is 0 Å². The highest BCUT2D eigenvalue weighted by atomic mass is 16.5. The molecule has 0 aliphatic carbocycles. The number of rotatable bonds is 6. The Morgan fingerprint density at radius 3 is 2.45 bits per heavy atom. The van der Waals surface area contributed by atoms with Crippen LogP contribution in [0.4, 0.5) is 5.69 Å². The number of ether oxygens (including phenoxy) is 1. The molecule has 3 aromatic rings. The van der Waals surface area contributed by atoms with Crippen molar-refractivity contribution in [1.29, 1.82) is 0 Å². The molecule has 0 aliphatic heterocycles. The number of nitrogens with zero attached hydrogens (tertiary/aromatic N) is 2. The largest absolute Gasteiger partial charge is 0.467 e. The minimum atomic E-state index is -0.964. The first kappa shape index (κ1) is 19.9. The molecule has 0 fully saturated rings. The highest BCUT2D eigenvalue weighted by molar-refractivity contribution is 6.04. The molecule has 0 spiro atoms. The minimum absolute atomic E-state index is 0.110. The molecule has 8 nitrogen and oxygen atoms in total. The fourth-order valence-corrected chi connectivity index (χ4v) is 2.85. The number of aromatic nitrogens is 2. The number of anilines is 1. The average Bonchev–Trinajstić information content (AvgIpc) is 2.72. The third-order valence-electron chi connectivity index (χ3n) is 4.19. The number of hydrogen-bond acceptors (Lipinski definition) is 6. The number of carbonyl (C=O) groups excluding carboxylic acids is 3. The van der Waals surface area contributed by atoms with E-state index in [-0.39, 0.29) is 17.9 Å². The van der Waals surface area contributed by atoms with Crippen molar-refractivity contribution in [3.8, 4) is 0 Å². The molecule has 29 heavy (non-hydrogen) atoms. The normalized spacial score (nSPS) is 11.5. The van der Waals surface area contributed by atoms with Crippen molar-refractivity contribution in [2.75, 3.05) is 12.4 Å². The van der Waals surface area contributed by atoms with Crippen molar-refractivity contribution in [2.45, 2.75) is 19.4 Å². The number of para-hydroxylation sites is 3. The van der Waals surface area contributed by atoms with Crippen molar-refractivity contribution in [3.05, 3.63) is 66.0 Å². The van der Waals surface area contributed by atoms with Gasteiger partial charge in [0.1, 0.15) is 6.04 Å². The molecule has 2 aromatic carbocycles. The smallest absolute Gasteiger partial charge is 0.328 e. The summed E-state index contributed by atoms with van der Waals surface area (Å²) in [7, 11) is 1.25. The van der Waals surface area contributed by atoms with E-state index < -0.39 is 17.9 Å². The van der Waals surface area contributed by atoms with Crippen LogP contribution in [0.25, 0.3) is 11.0 Å². The van der Waals surface area contributed by atoms with E-state index in [1.807, 2.05) is 24.3 Å². The summed E-state index contributed by atoms with van der Waals surface area (Å²) in [4.78, 5) is 45.2. The maximum atomic E-state index is 12.8. The van der Waals surface area contributed by atoms with Crippen molar-refractivity contribution < 1.29 is 19.1 Å². The molecule has 1 heterocycles. The van der Waals surface area contributed by atoms with Crippen molar-refractivity contribution in [2.24, 2.45) is 0 Å². The number of esters is 1. The fraction of sp³-hybridized carbons (Fsp3) is 0.190. The SMILES string of the molecule is COC(=O)[C@H](Cc1cnc2ccccc2n1)NC(=O)c1ccccc1NC(C)=O. The van der Waals surface area contributed by atoms with E-state index in [2.05, 4.69) is 20.6 Å². The molecular formula is C21H20N4O4. The van der Waals surface area contributed by atoms with Crippen LogP contribution in [0.15, 0.2) is 54.7 Å². The van der Waals surface area contributed by atoms with Gasteiger partial charge < -0.3 is 15.4 Å². The van der Waals surface area contributed by atoms with E-state index in [1.165, 1.54) is 14.0 Å². The Morgan fingerprint density at radius 2 is 1.72 bits per heavy atom. The van der Waals surface area contributed by atoms with Crippen LogP contribution < -0.4 is 10.6 Å². The molecule has 0 saturated heterocycles. The summed E-state index contributed by atoms with van der Waals surface area (Å²) in [5.74, 6) is -1.43. The van der Waals surface area contributed by atoms with Gasteiger partial charge in [0.2, 0.25) is 5.91 Å². The molecule has 0 radical (unpaired) electrons. The lowest BCUT2D eigenvalue weighted by molar-refractivity contribution is -0.142. The van der Waals surface area contributed by atoms with Gasteiger partial charge in [0.15, 0.2) is 0 Å². The van der Waals surface area contributed by atoms with E-state index in [0.29, 0.717) is 16.9 Å². The molecule has 3 rings (SSSR count). The zero-order chi connectivity index (χ0) is 20.8. The van der Waals surface area contributed by atoms with Crippen molar-refractivity contribution >= 4 is 34.5 Å². The fourth-order valence-electron chi connectivity index (χ4n) is 2.85. The Bertz CT molecular complexity index is 1070. The predicted molar refractivity (Wildman–Crippen MR) is 107 cm³/mol. The van der Waals surface area contributed by atoms with Crippen LogP contribution >= 0.6 is 0 Å². The number of hydrogen-bond donors (Lipinski definition) is 2. The highest BCUT2D eigenvalue weighted by Crippen LogP contribution is 2.16. The minimum Gasteiger partial charge on any atom is -0.467 e. The number of benzene rings is 2. The summed E-state index contributed by atoms with van der Waals surface area (Å²) >= 11 is 0. The molecule has 148 valence electrons. The Balaban J connectivity index is 1.83. The second kappa shape index (κ2) is 8.92. The second-order valence-corrected chi connectivity index (χ2v) is 6.33. The molecule has 2 amide bonds. The third-order valence-corrected chi connectivity index (χ3v) is 4.19. The summed E-state index contributed by atoms with van der Waals surface area (Å²) < 4.78 is 4.83. The molecule has 0 saturated carbocycles. The van der Waals surface area contributed by atoms with Crippen LogP contribution in [0.5, 0.6) is 0 Å². The quantitative estimate of drug-likeness (QED) is 0.622. The average molecular weight is 392 g/mol. The van der Waals surface area contributed by atoms with Crippen LogP contribution in [0.1, 0.15) is 23.0 Å². The van der Waals surface area contributed by atoms with Gasteiger partial charge in [-0.25, -0.2) is 9.78 Å². The molecule has 8 heteroatoms. The van der Waals surface area contributed by atoms with Crippen LogP contribution in [0.3, 0.4) is 0 Å². The van der Waals surface area contributed by atoms with E-state index in [0.717, 1.165) is 5.52 Å². The van der Waals surface area contributed by atoms with Crippen molar-refractivity contribution in [3.63, 3.8) is 0 Å². The maximum absolute atomic E-state index is 12.8. The second-order valence-electron chi connectivity index (χ2n) is 6.33. The van der Waals surface area contributed by atoms with Gasteiger partial charge in [-0.3, -0.25) is 14.6 Å². The van der Waals surface area contributed by atoms with Crippen LogP contribution in [-0.2, 0) is 20.7 Å². The molecule has 2 N–H and O–H groups in total. The number of methoxy groups -OCH3 is 1. The van der Waals surface area contributed by atoms with Crippen molar-refractivity contribution in [1.82, 2.24) is 15.3 Å². The summed E-state index contributed by atoms with van der Waals surface area (Å²) in [5, 5.41) is 5.26. The van der Waals surface area contributed by atoms with E-state index >= 15 is 0 Å². The first-order valence-corrected chi connectivity index (χ1v) is 8.94. The molecule has 0 bridgehead atoms. The Kier molecular flexibility index (Phi) is 6.13. The van der Waals surface area contributed by atoms with Gasteiger partial charge in [0, 0.05) is 19.5 Å². The standard InChI is InChI=1S/C21H20N4O4/c1-13(26)23-16-8-4-3-7-15(16)20(27)25-19(21(28)29-2)11-14-12-22-17-9-5-6-10-18(17)24-14/h3-10,12,19H,11H2,1-2H3,(H,23,26)(H,25,27)/t19-/m0/s1. The monoisotopic (exact) mass is 392 g/mol. The summed E-state index contributed by atoms with van der Waals surface area (Å²) in [5.41, 5.74) is 2.55. The van der Waals surface area contributed by atoms with Gasteiger partial charge in [-0.1, -0.05) is 24.3 Å². The van der Waals surface area contributed by atoms with Gasteiger partial charge in [-0.05, 0) is 24.3 Å². The van der Waals surface area contributed by atoms with Crippen LogP contribution in [-0.4, -0.2) is 40.9 Å². The van der Waals surface area contributed by atoms with Crippen LogP contribution in [0.2, 0.25) is 0 Å². The van der Waals surface area contributed by atoms with Gasteiger partial charge >= 0.3 is 5.97 Å². The number of nitrogens with one attached hydrogen (secondary N) is 2. The predicted octanol–water partition coefficient (Wildman–Crippen LogP) is 2.10. The molecule has 1 atom stereocenters.